The van der Waals surface area contributed by atoms with Gasteiger partial charge in [-0.3, -0.25) is 4.79 Å². The van der Waals surface area contributed by atoms with E-state index in [0.29, 0.717) is 41.2 Å². The minimum absolute atomic E-state index is 0.223. The van der Waals surface area contributed by atoms with Crippen LogP contribution in [-0.4, -0.2) is 38.3 Å². The van der Waals surface area contributed by atoms with E-state index in [1.807, 2.05) is 20.8 Å². The van der Waals surface area contributed by atoms with Gasteiger partial charge in [0, 0.05) is 24.3 Å². The Morgan fingerprint density at radius 1 is 1.03 bits per heavy atom. The van der Waals surface area contributed by atoms with Crippen LogP contribution < -0.4 is 10.1 Å². The molecule has 0 radical (unpaired) electrons. The van der Waals surface area contributed by atoms with Gasteiger partial charge >= 0.3 is 0 Å². The maximum atomic E-state index is 12.8. The first-order chi connectivity index (χ1) is 13.8. The molecule has 0 spiro atoms. The molecule has 8 heteroatoms. The number of carbonyl (C=O) groups excluding carboxylic acids is 1. The number of hydrogen-bond donors (Lipinski definition) is 1. The van der Waals surface area contributed by atoms with Gasteiger partial charge in [-0.05, 0) is 78.2 Å². The van der Waals surface area contributed by atoms with E-state index in [1.54, 1.807) is 30.3 Å². The third-order valence-electron chi connectivity index (χ3n) is 4.19. The van der Waals surface area contributed by atoms with Gasteiger partial charge in [0.2, 0.25) is 10.0 Å². The van der Waals surface area contributed by atoms with E-state index in [2.05, 4.69) is 21.2 Å². The summed E-state index contributed by atoms with van der Waals surface area (Å²) in [5, 5.41) is 2.79. The maximum Gasteiger partial charge on any atom is 0.255 e. The van der Waals surface area contributed by atoms with Crippen LogP contribution in [0.25, 0.3) is 0 Å². The third kappa shape index (κ3) is 6.04. The summed E-state index contributed by atoms with van der Waals surface area (Å²) in [4.78, 5) is 12.7. The Kier molecular flexibility index (Phi) is 8.67. The smallest absolute Gasteiger partial charge is 0.255 e. The van der Waals surface area contributed by atoms with E-state index in [-0.39, 0.29) is 10.8 Å². The molecule has 0 saturated carbocycles. The van der Waals surface area contributed by atoms with Crippen LogP contribution in [0, 0.1) is 0 Å². The molecule has 0 heterocycles. The van der Waals surface area contributed by atoms with Crippen LogP contribution in [0.5, 0.6) is 5.75 Å². The second kappa shape index (κ2) is 10.8. The van der Waals surface area contributed by atoms with Crippen molar-refractivity contribution in [1.29, 1.82) is 0 Å². The highest BCUT2D eigenvalue weighted by Gasteiger charge is 2.23. The summed E-state index contributed by atoms with van der Waals surface area (Å²) < 4.78 is 33.3. The summed E-state index contributed by atoms with van der Waals surface area (Å²) in [5.41, 5.74) is 0.991. The number of amides is 1. The molecule has 1 amide bonds. The summed E-state index contributed by atoms with van der Waals surface area (Å²) in [6.07, 6.45) is 1.51. The topological polar surface area (TPSA) is 75.7 Å². The number of sulfonamides is 1. The molecule has 2 aromatic carbocycles. The molecule has 0 aliphatic rings. The standard InChI is InChI=1S/C21H27BrN2O4S/c1-4-13-24(14-5-2)29(26,27)18-10-8-17(9-11-18)23-21(25)16-7-12-20(28-6-3)19(22)15-16/h7-12,15H,4-6,13-14H2,1-3H3,(H,23,25). The van der Waals surface area contributed by atoms with Gasteiger partial charge in [0.25, 0.3) is 5.91 Å². The van der Waals surface area contributed by atoms with Gasteiger partial charge in [-0.1, -0.05) is 13.8 Å². The molecule has 0 saturated heterocycles. The molecule has 6 nitrogen and oxygen atoms in total. The van der Waals surface area contributed by atoms with Gasteiger partial charge in [-0.25, -0.2) is 8.42 Å². The largest absolute Gasteiger partial charge is 0.493 e. The Balaban J connectivity index is 2.14. The van der Waals surface area contributed by atoms with E-state index >= 15 is 0 Å². The SMILES string of the molecule is CCCN(CCC)S(=O)(=O)c1ccc(NC(=O)c2ccc(OCC)c(Br)c2)cc1. The molecule has 29 heavy (non-hydrogen) atoms. The van der Waals surface area contributed by atoms with Crippen molar-refractivity contribution < 1.29 is 17.9 Å². The van der Waals surface area contributed by atoms with Crippen LogP contribution in [0.3, 0.4) is 0 Å². The van der Waals surface area contributed by atoms with Crippen molar-refractivity contribution in [2.45, 2.75) is 38.5 Å². The van der Waals surface area contributed by atoms with Crippen molar-refractivity contribution in [1.82, 2.24) is 4.31 Å². The van der Waals surface area contributed by atoms with E-state index in [4.69, 9.17) is 4.74 Å². The van der Waals surface area contributed by atoms with Gasteiger partial charge < -0.3 is 10.1 Å². The Hall–Kier alpha value is -1.90. The number of nitrogens with one attached hydrogen (secondary N) is 1. The fourth-order valence-corrected chi connectivity index (χ4v) is 4.95. The van der Waals surface area contributed by atoms with E-state index in [0.717, 1.165) is 12.8 Å². The van der Waals surface area contributed by atoms with Gasteiger partial charge in [0.05, 0.1) is 16.0 Å². The highest BCUT2D eigenvalue weighted by atomic mass is 79.9. The van der Waals surface area contributed by atoms with Crippen molar-refractivity contribution in [3.05, 3.63) is 52.5 Å². The van der Waals surface area contributed by atoms with Crippen LogP contribution in [0.4, 0.5) is 5.69 Å². The zero-order valence-electron chi connectivity index (χ0n) is 16.9. The summed E-state index contributed by atoms with van der Waals surface area (Å²) in [6, 6.07) is 11.3. The number of halogens is 1. The number of anilines is 1. The highest BCUT2D eigenvalue weighted by molar-refractivity contribution is 9.10. The van der Waals surface area contributed by atoms with Crippen LogP contribution in [0.15, 0.2) is 51.8 Å². The zero-order valence-corrected chi connectivity index (χ0v) is 19.3. The number of carbonyl (C=O) groups is 1. The quantitative estimate of drug-likeness (QED) is 0.521. The summed E-state index contributed by atoms with van der Waals surface area (Å²) >= 11 is 3.40. The molecule has 0 fully saturated rings. The average Bonchev–Trinajstić information content (AvgIpc) is 2.70. The number of benzene rings is 2. The van der Waals surface area contributed by atoms with Crippen molar-refractivity contribution in [2.75, 3.05) is 25.0 Å². The minimum Gasteiger partial charge on any atom is -0.493 e. The van der Waals surface area contributed by atoms with Crippen molar-refractivity contribution in [3.8, 4) is 5.75 Å². The Morgan fingerprint density at radius 2 is 1.66 bits per heavy atom. The summed E-state index contributed by atoms with van der Waals surface area (Å²) in [5.74, 6) is 0.380. The minimum atomic E-state index is -3.54. The normalized spacial score (nSPS) is 11.5. The monoisotopic (exact) mass is 482 g/mol. The van der Waals surface area contributed by atoms with Gasteiger partial charge in [0.15, 0.2) is 0 Å². The Bertz CT molecular complexity index is 924. The molecule has 1 N–H and O–H groups in total. The van der Waals surface area contributed by atoms with E-state index in [9.17, 15) is 13.2 Å². The summed E-state index contributed by atoms with van der Waals surface area (Å²) in [6.45, 7) is 7.31. The molecule has 0 aliphatic carbocycles. The fourth-order valence-electron chi connectivity index (χ4n) is 2.83. The van der Waals surface area contributed by atoms with Crippen molar-refractivity contribution in [3.63, 3.8) is 0 Å². The fraction of sp³-hybridized carbons (Fsp3) is 0.381. The molecule has 0 unspecified atom stereocenters. The maximum absolute atomic E-state index is 12.8. The molecular formula is C21H27BrN2O4S. The first-order valence-corrected chi connectivity index (χ1v) is 11.9. The second-order valence-electron chi connectivity index (χ2n) is 6.46. The number of hydrogen-bond acceptors (Lipinski definition) is 4. The number of nitrogens with zero attached hydrogens (tertiary/aromatic N) is 1. The van der Waals surface area contributed by atoms with Gasteiger partial charge in [-0.2, -0.15) is 4.31 Å². The lowest BCUT2D eigenvalue weighted by Gasteiger charge is -2.21. The zero-order chi connectivity index (χ0) is 21.4. The predicted octanol–water partition coefficient (Wildman–Crippen LogP) is 4.91. The first-order valence-electron chi connectivity index (χ1n) is 9.67. The van der Waals surface area contributed by atoms with Crippen LogP contribution in [0.2, 0.25) is 0 Å². The lowest BCUT2D eigenvalue weighted by molar-refractivity contribution is 0.102. The van der Waals surface area contributed by atoms with Crippen molar-refractivity contribution in [2.24, 2.45) is 0 Å². The molecule has 0 bridgehead atoms. The van der Waals surface area contributed by atoms with Crippen LogP contribution >= 0.6 is 15.9 Å². The predicted molar refractivity (Wildman–Crippen MR) is 119 cm³/mol. The first kappa shape index (κ1) is 23.4. The Morgan fingerprint density at radius 3 is 2.17 bits per heavy atom. The van der Waals surface area contributed by atoms with Crippen molar-refractivity contribution >= 4 is 37.5 Å². The number of rotatable bonds is 10. The lowest BCUT2D eigenvalue weighted by Crippen LogP contribution is -2.32. The Labute approximate surface area is 181 Å². The molecule has 0 aliphatic heterocycles. The van der Waals surface area contributed by atoms with Gasteiger partial charge in [0.1, 0.15) is 5.75 Å². The van der Waals surface area contributed by atoms with Crippen LogP contribution in [-0.2, 0) is 10.0 Å². The van der Waals surface area contributed by atoms with Gasteiger partial charge in [-0.15, -0.1) is 0 Å². The van der Waals surface area contributed by atoms with E-state index in [1.165, 1.54) is 16.4 Å². The van der Waals surface area contributed by atoms with Crippen LogP contribution in [0.1, 0.15) is 44.0 Å². The molecule has 2 aromatic rings. The second-order valence-corrected chi connectivity index (χ2v) is 9.25. The lowest BCUT2D eigenvalue weighted by atomic mass is 10.2. The molecule has 158 valence electrons. The third-order valence-corrected chi connectivity index (χ3v) is 6.72. The number of ether oxygens (including phenoxy) is 1. The molecule has 0 aromatic heterocycles. The molecule has 2 rings (SSSR count). The van der Waals surface area contributed by atoms with E-state index < -0.39 is 10.0 Å². The summed E-state index contributed by atoms with van der Waals surface area (Å²) in [7, 11) is -3.54. The molecular weight excluding hydrogens is 456 g/mol. The highest BCUT2D eigenvalue weighted by Crippen LogP contribution is 2.26. The average molecular weight is 483 g/mol. The molecule has 0 atom stereocenters.